The molecule has 0 aromatic carbocycles. The molecule has 3 N–H and O–H groups in total. The van der Waals surface area contributed by atoms with Gasteiger partial charge in [0.2, 0.25) is 5.91 Å². The molecule has 1 saturated carbocycles. The van der Waals surface area contributed by atoms with Crippen LogP contribution >= 0.6 is 0 Å². The van der Waals surface area contributed by atoms with E-state index in [1.807, 2.05) is 12.4 Å². The molecule has 138 valence electrons. The number of H-pyrrole nitrogens is 1. The highest BCUT2D eigenvalue weighted by Gasteiger charge is 2.22. The second-order valence-corrected chi connectivity index (χ2v) is 7.51. The van der Waals surface area contributed by atoms with Crippen molar-refractivity contribution in [2.24, 2.45) is 11.7 Å². The number of hydrogen-bond acceptors (Lipinski definition) is 4. The fraction of sp³-hybridized carbons (Fsp3) is 0.500. The van der Waals surface area contributed by atoms with Gasteiger partial charge in [0.1, 0.15) is 5.65 Å². The smallest absolute Gasteiger partial charge is 0.241 e. The van der Waals surface area contributed by atoms with E-state index in [9.17, 15) is 4.79 Å². The number of nitrogens with zero attached hydrogens (tertiary/aromatic N) is 3. The van der Waals surface area contributed by atoms with Gasteiger partial charge in [0.05, 0.1) is 11.9 Å². The van der Waals surface area contributed by atoms with Crippen LogP contribution in [0.1, 0.15) is 31.2 Å². The minimum Gasteiger partial charge on any atom is -0.368 e. The quantitative estimate of drug-likeness (QED) is 0.809. The number of fused-ring (bicyclic) bond motifs is 1. The summed E-state index contributed by atoms with van der Waals surface area (Å²) in [5.41, 5.74) is 8.12. The van der Waals surface area contributed by atoms with Crippen molar-refractivity contribution in [2.75, 3.05) is 37.6 Å². The molecule has 1 aliphatic carbocycles. The van der Waals surface area contributed by atoms with Crippen molar-refractivity contribution in [1.29, 1.82) is 0 Å². The third-order valence-corrected chi connectivity index (χ3v) is 5.70. The van der Waals surface area contributed by atoms with E-state index >= 15 is 0 Å². The molecule has 26 heavy (non-hydrogen) atoms. The maximum absolute atomic E-state index is 11.0. The van der Waals surface area contributed by atoms with Crippen LogP contribution in [0.15, 0.2) is 24.5 Å². The number of pyridine rings is 1. The Kier molecular flexibility index (Phi) is 4.93. The molecule has 0 radical (unpaired) electrons. The largest absolute Gasteiger partial charge is 0.368 e. The van der Waals surface area contributed by atoms with Gasteiger partial charge in [-0.05, 0) is 30.9 Å². The first-order chi connectivity index (χ1) is 12.7. The van der Waals surface area contributed by atoms with Crippen LogP contribution in [0.3, 0.4) is 0 Å². The third kappa shape index (κ3) is 3.75. The highest BCUT2D eigenvalue weighted by Crippen LogP contribution is 2.27. The standard InChI is InChI=1S/C20H27N5O/c21-19(26)6-5-16-12-22-20-18(16)11-17(13-23-20)25-9-7-24(8-10-25)14-15-3-1-2-4-15/h5-6,11-13,15H,1-4,7-10,14H2,(H2,21,26)(H,22,23). The van der Waals surface area contributed by atoms with E-state index in [1.165, 1.54) is 38.3 Å². The SMILES string of the molecule is NC(=O)C=Cc1c[nH]c2ncc(N3CCN(CC4CCCC4)CC3)cc12. The monoisotopic (exact) mass is 353 g/mol. The van der Waals surface area contributed by atoms with Crippen LogP contribution < -0.4 is 10.6 Å². The molecule has 2 aromatic rings. The lowest BCUT2D eigenvalue weighted by Crippen LogP contribution is -2.47. The number of carbonyl (C=O) groups excluding carboxylic acids is 1. The zero-order valence-corrected chi connectivity index (χ0v) is 15.2. The Balaban J connectivity index is 1.43. The first kappa shape index (κ1) is 17.1. The van der Waals surface area contributed by atoms with E-state index in [4.69, 9.17) is 5.73 Å². The van der Waals surface area contributed by atoms with E-state index < -0.39 is 5.91 Å². The fourth-order valence-electron chi connectivity index (χ4n) is 4.24. The maximum Gasteiger partial charge on any atom is 0.241 e. The van der Waals surface area contributed by atoms with Gasteiger partial charge < -0.3 is 15.6 Å². The Labute approximate surface area is 154 Å². The summed E-state index contributed by atoms with van der Waals surface area (Å²) in [5.74, 6) is 0.473. The average Bonchev–Trinajstić information content (AvgIpc) is 3.30. The second kappa shape index (κ2) is 7.50. The van der Waals surface area contributed by atoms with Crippen LogP contribution in [0.2, 0.25) is 0 Å². The molecule has 2 fully saturated rings. The van der Waals surface area contributed by atoms with Crippen molar-refractivity contribution in [3.63, 3.8) is 0 Å². The van der Waals surface area contributed by atoms with Crippen LogP contribution in [0.25, 0.3) is 17.1 Å². The predicted octanol–water partition coefficient (Wildman–Crippen LogP) is 2.37. The van der Waals surface area contributed by atoms with Gasteiger partial charge in [-0.15, -0.1) is 0 Å². The van der Waals surface area contributed by atoms with Gasteiger partial charge in [-0.1, -0.05) is 12.8 Å². The number of amides is 1. The summed E-state index contributed by atoms with van der Waals surface area (Å²) in [7, 11) is 0. The number of hydrogen-bond donors (Lipinski definition) is 2. The Hall–Kier alpha value is -2.34. The van der Waals surface area contributed by atoms with E-state index in [-0.39, 0.29) is 0 Å². The summed E-state index contributed by atoms with van der Waals surface area (Å²) < 4.78 is 0. The molecule has 1 saturated heterocycles. The van der Waals surface area contributed by atoms with Gasteiger partial charge in [-0.3, -0.25) is 9.69 Å². The second-order valence-electron chi connectivity index (χ2n) is 7.51. The van der Waals surface area contributed by atoms with Crippen LogP contribution in [-0.4, -0.2) is 53.5 Å². The molecule has 2 aliphatic rings. The molecule has 6 heteroatoms. The lowest BCUT2D eigenvalue weighted by atomic mass is 10.1. The number of carbonyl (C=O) groups is 1. The molecular weight excluding hydrogens is 326 g/mol. The van der Waals surface area contributed by atoms with E-state index in [1.54, 1.807) is 6.08 Å². The van der Waals surface area contributed by atoms with Crippen LogP contribution in [-0.2, 0) is 4.79 Å². The highest BCUT2D eigenvalue weighted by atomic mass is 16.1. The summed E-state index contributed by atoms with van der Waals surface area (Å²) >= 11 is 0. The normalized spacial score (nSPS) is 19.8. The summed E-state index contributed by atoms with van der Waals surface area (Å²) in [6.45, 7) is 5.59. The molecule has 0 unspecified atom stereocenters. The van der Waals surface area contributed by atoms with E-state index in [2.05, 4.69) is 25.8 Å². The number of nitrogens with one attached hydrogen (secondary N) is 1. The number of aromatic amines is 1. The zero-order valence-electron chi connectivity index (χ0n) is 15.2. The van der Waals surface area contributed by atoms with Gasteiger partial charge in [0, 0.05) is 55.9 Å². The Morgan fingerprint density at radius 3 is 2.77 bits per heavy atom. The number of rotatable bonds is 5. The van der Waals surface area contributed by atoms with Crippen molar-refractivity contribution >= 4 is 28.7 Å². The third-order valence-electron chi connectivity index (χ3n) is 5.70. The first-order valence-electron chi connectivity index (χ1n) is 9.61. The Bertz CT molecular complexity index is 798. The number of primary amides is 1. The molecule has 4 rings (SSSR count). The predicted molar refractivity (Wildman–Crippen MR) is 105 cm³/mol. The molecule has 2 aromatic heterocycles. The van der Waals surface area contributed by atoms with Gasteiger partial charge in [-0.2, -0.15) is 0 Å². The topological polar surface area (TPSA) is 78.2 Å². The van der Waals surface area contributed by atoms with Crippen molar-refractivity contribution in [3.05, 3.63) is 30.1 Å². The summed E-state index contributed by atoms with van der Waals surface area (Å²) in [6, 6.07) is 2.16. The molecule has 6 nitrogen and oxygen atoms in total. The van der Waals surface area contributed by atoms with Crippen molar-refractivity contribution < 1.29 is 4.79 Å². The average molecular weight is 353 g/mol. The molecule has 1 amide bonds. The van der Waals surface area contributed by atoms with Gasteiger partial charge in [-0.25, -0.2) is 4.98 Å². The Morgan fingerprint density at radius 2 is 2.04 bits per heavy atom. The van der Waals surface area contributed by atoms with Gasteiger partial charge in [0.15, 0.2) is 0 Å². The van der Waals surface area contributed by atoms with Crippen molar-refractivity contribution in [1.82, 2.24) is 14.9 Å². The molecular formula is C20H27N5O. The van der Waals surface area contributed by atoms with Gasteiger partial charge in [0.25, 0.3) is 0 Å². The lowest BCUT2D eigenvalue weighted by Gasteiger charge is -2.37. The van der Waals surface area contributed by atoms with Crippen molar-refractivity contribution in [3.8, 4) is 0 Å². The molecule has 0 atom stereocenters. The lowest BCUT2D eigenvalue weighted by molar-refractivity contribution is -0.113. The molecule has 0 spiro atoms. The number of piperazine rings is 1. The molecule has 3 heterocycles. The summed E-state index contributed by atoms with van der Waals surface area (Å²) in [5, 5.41) is 1.02. The summed E-state index contributed by atoms with van der Waals surface area (Å²) in [6.07, 6.45) is 12.6. The number of anilines is 1. The highest BCUT2D eigenvalue weighted by molar-refractivity contribution is 5.95. The fourth-order valence-corrected chi connectivity index (χ4v) is 4.24. The van der Waals surface area contributed by atoms with Crippen LogP contribution in [0.4, 0.5) is 5.69 Å². The molecule has 0 bridgehead atoms. The zero-order chi connectivity index (χ0) is 17.9. The molecule has 1 aliphatic heterocycles. The van der Waals surface area contributed by atoms with Crippen molar-refractivity contribution in [2.45, 2.75) is 25.7 Å². The van der Waals surface area contributed by atoms with Crippen LogP contribution in [0, 0.1) is 5.92 Å². The van der Waals surface area contributed by atoms with E-state index in [0.717, 1.165) is 54.4 Å². The maximum atomic E-state index is 11.0. The first-order valence-corrected chi connectivity index (χ1v) is 9.61. The number of aromatic nitrogens is 2. The summed E-state index contributed by atoms with van der Waals surface area (Å²) in [4.78, 5) is 23.7. The van der Waals surface area contributed by atoms with Crippen LogP contribution in [0.5, 0.6) is 0 Å². The van der Waals surface area contributed by atoms with E-state index in [0.29, 0.717) is 0 Å². The number of nitrogens with two attached hydrogens (primary N) is 1. The van der Waals surface area contributed by atoms with Gasteiger partial charge >= 0.3 is 0 Å². The minimum absolute atomic E-state index is 0.443. The Morgan fingerprint density at radius 1 is 1.27 bits per heavy atom. The minimum atomic E-state index is -0.443.